The lowest BCUT2D eigenvalue weighted by molar-refractivity contribution is -0.138. The van der Waals surface area contributed by atoms with E-state index in [4.69, 9.17) is 9.90 Å². The predicted octanol–water partition coefficient (Wildman–Crippen LogP) is 2.59. The second-order valence-corrected chi connectivity index (χ2v) is 3.46. The molecule has 0 saturated heterocycles. The van der Waals surface area contributed by atoms with Crippen molar-refractivity contribution >= 4 is 11.9 Å². The third kappa shape index (κ3) is 24.5. The molecular weight excluding hydrogens is 196 g/mol. The normalized spacial score (nSPS) is 8.80. The maximum atomic E-state index is 10.7. The summed E-state index contributed by atoms with van der Waals surface area (Å²) in [4.78, 5) is 19.7. The Morgan fingerprint density at radius 2 is 1.93 bits per heavy atom. The Morgan fingerprint density at radius 1 is 1.47 bits per heavy atom. The van der Waals surface area contributed by atoms with Gasteiger partial charge in [-0.15, -0.1) is 0 Å². The molecule has 1 N–H and O–H groups in total. The third-order valence-electron chi connectivity index (χ3n) is 1.38. The summed E-state index contributed by atoms with van der Waals surface area (Å²) in [5.74, 6) is -0.354. The minimum Gasteiger partial charge on any atom is -0.481 e. The van der Waals surface area contributed by atoms with E-state index in [0.29, 0.717) is 12.3 Å². The standard InChI is InChI=1S/C9H16O2.C2H4O2/c1-4-11-9(10)7-5-6-8(2)3;1-2(3)4/h4,8H,1,5-7H2,2-3H3;1H3,(H,3,4). The minimum atomic E-state index is -0.833. The Morgan fingerprint density at radius 3 is 2.27 bits per heavy atom. The fourth-order valence-electron chi connectivity index (χ4n) is 0.807. The third-order valence-corrected chi connectivity index (χ3v) is 1.38. The number of carboxylic acids is 1. The molecule has 0 aliphatic heterocycles. The number of esters is 1. The van der Waals surface area contributed by atoms with Gasteiger partial charge >= 0.3 is 5.97 Å². The van der Waals surface area contributed by atoms with E-state index in [1.165, 1.54) is 6.26 Å². The predicted molar refractivity (Wildman–Crippen MR) is 58.3 cm³/mol. The summed E-state index contributed by atoms with van der Waals surface area (Å²) in [5, 5.41) is 7.42. The van der Waals surface area contributed by atoms with Gasteiger partial charge in [0.2, 0.25) is 0 Å². The molecule has 0 radical (unpaired) electrons. The van der Waals surface area contributed by atoms with Crippen LogP contribution in [0.4, 0.5) is 0 Å². The van der Waals surface area contributed by atoms with Crippen molar-refractivity contribution in [3.8, 4) is 0 Å². The number of aliphatic carboxylic acids is 1. The van der Waals surface area contributed by atoms with Crippen LogP contribution in [0, 0.1) is 5.92 Å². The maximum Gasteiger partial charge on any atom is 0.310 e. The van der Waals surface area contributed by atoms with Crippen molar-refractivity contribution in [1.82, 2.24) is 0 Å². The SMILES string of the molecule is C=COC(=O)CCCC(C)C.CC(=O)O. The first-order valence-corrected chi connectivity index (χ1v) is 4.90. The number of hydrogen-bond donors (Lipinski definition) is 1. The quantitative estimate of drug-likeness (QED) is 0.566. The number of hydrogen-bond acceptors (Lipinski definition) is 3. The Labute approximate surface area is 90.9 Å². The summed E-state index contributed by atoms with van der Waals surface area (Å²) < 4.78 is 4.55. The molecule has 4 heteroatoms. The molecular formula is C11H20O4. The largest absolute Gasteiger partial charge is 0.481 e. The van der Waals surface area contributed by atoms with Gasteiger partial charge in [-0.1, -0.05) is 26.8 Å². The second kappa shape index (κ2) is 10.8. The van der Waals surface area contributed by atoms with E-state index in [2.05, 4.69) is 25.2 Å². The Bertz CT molecular complexity index is 193. The molecule has 0 unspecified atom stereocenters. The topological polar surface area (TPSA) is 63.6 Å². The molecule has 0 amide bonds. The van der Waals surface area contributed by atoms with Crippen LogP contribution in [0.1, 0.15) is 40.0 Å². The zero-order valence-electron chi connectivity index (χ0n) is 9.66. The first-order chi connectivity index (χ1) is 6.90. The summed E-state index contributed by atoms with van der Waals surface area (Å²) in [5.41, 5.74) is 0. The molecule has 15 heavy (non-hydrogen) atoms. The van der Waals surface area contributed by atoms with Gasteiger partial charge in [0.25, 0.3) is 5.97 Å². The van der Waals surface area contributed by atoms with Gasteiger partial charge < -0.3 is 9.84 Å². The van der Waals surface area contributed by atoms with Crippen molar-refractivity contribution in [1.29, 1.82) is 0 Å². The highest BCUT2D eigenvalue weighted by atomic mass is 16.5. The molecule has 0 heterocycles. The zero-order valence-corrected chi connectivity index (χ0v) is 9.66. The molecule has 4 nitrogen and oxygen atoms in total. The van der Waals surface area contributed by atoms with Crippen LogP contribution in [0.2, 0.25) is 0 Å². The molecule has 0 aliphatic rings. The molecule has 0 fully saturated rings. The minimum absolute atomic E-state index is 0.180. The molecule has 0 aromatic carbocycles. The Kier molecular flexibility index (Phi) is 11.6. The molecule has 0 aromatic heterocycles. The highest BCUT2D eigenvalue weighted by Gasteiger charge is 2.01. The molecule has 0 rings (SSSR count). The number of ether oxygens (including phenoxy) is 1. The average molecular weight is 216 g/mol. The van der Waals surface area contributed by atoms with Crippen molar-refractivity contribution in [2.24, 2.45) is 5.92 Å². The van der Waals surface area contributed by atoms with Gasteiger partial charge in [-0.25, -0.2) is 0 Å². The van der Waals surface area contributed by atoms with E-state index < -0.39 is 5.97 Å². The number of rotatable bonds is 5. The van der Waals surface area contributed by atoms with E-state index >= 15 is 0 Å². The average Bonchev–Trinajstić information content (AvgIpc) is 2.02. The summed E-state index contributed by atoms with van der Waals surface area (Å²) in [6, 6.07) is 0. The first kappa shape index (κ1) is 16.1. The van der Waals surface area contributed by atoms with Gasteiger partial charge in [0.05, 0.1) is 6.26 Å². The van der Waals surface area contributed by atoms with Crippen LogP contribution in [0.3, 0.4) is 0 Å². The monoisotopic (exact) mass is 216 g/mol. The van der Waals surface area contributed by atoms with Crippen molar-refractivity contribution in [2.75, 3.05) is 0 Å². The second-order valence-electron chi connectivity index (χ2n) is 3.46. The number of carbonyl (C=O) groups is 2. The van der Waals surface area contributed by atoms with Gasteiger partial charge in [0.1, 0.15) is 0 Å². The molecule has 0 aromatic rings. The molecule has 0 aliphatic carbocycles. The fourth-order valence-corrected chi connectivity index (χ4v) is 0.807. The summed E-state index contributed by atoms with van der Waals surface area (Å²) in [6.07, 6.45) is 3.67. The molecule has 88 valence electrons. The molecule has 0 saturated carbocycles. The molecule has 0 atom stereocenters. The van der Waals surface area contributed by atoms with Gasteiger partial charge in [0, 0.05) is 13.3 Å². The summed E-state index contributed by atoms with van der Waals surface area (Å²) >= 11 is 0. The number of carbonyl (C=O) groups excluding carboxylic acids is 1. The fraction of sp³-hybridized carbons (Fsp3) is 0.636. The van der Waals surface area contributed by atoms with E-state index in [0.717, 1.165) is 19.8 Å². The van der Waals surface area contributed by atoms with Gasteiger partial charge in [-0.2, -0.15) is 0 Å². The van der Waals surface area contributed by atoms with Crippen LogP contribution in [-0.4, -0.2) is 17.0 Å². The lowest BCUT2D eigenvalue weighted by Gasteiger charge is -2.02. The van der Waals surface area contributed by atoms with E-state index in [1.54, 1.807) is 0 Å². The van der Waals surface area contributed by atoms with Crippen LogP contribution in [0.15, 0.2) is 12.8 Å². The highest BCUT2D eigenvalue weighted by Crippen LogP contribution is 2.06. The van der Waals surface area contributed by atoms with Gasteiger partial charge in [-0.3, -0.25) is 9.59 Å². The van der Waals surface area contributed by atoms with Crippen molar-refractivity contribution in [3.63, 3.8) is 0 Å². The summed E-state index contributed by atoms with van der Waals surface area (Å²) in [6.45, 7) is 8.66. The molecule has 0 spiro atoms. The van der Waals surface area contributed by atoms with Crippen LogP contribution in [0.5, 0.6) is 0 Å². The van der Waals surface area contributed by atoms with Crippen molar-refractivity contribution in [2.45, 2.75) is 40.0 Å². The van der Waals surface area contributed by atoms with Crippen molar-refractivity contribution < 1.29 is 19.4 Å². The van der Waals surface area contributed by atoms with Crippen LogP contribution < -0.4 is 0 Å². The Hall–Kier alpha value is -1.32. The van der Waals surface area contributed by atoms with Crippen molar-refractivity contribution in [3.05, 3.63) is 12.8 Å². The summed E-state index contributed by atoms with van der Waals surface area (Å²) in [7, 11) is 0. The van der Waals surface area contributed by atoms with E-state index in [9.17, 15) is 4.79 Å². The number of carboxylic acid groups (broad SMARTS) is 1. The lowest BCUT2D eigenvalue weighted by Crippen LogP contribution is -1.99. The van der Waals surface area contributed by atoms with E-state index in [-0.39, 0.29) is 5.97 Å². The molecule has 0 bridgehead atoms. The smallest absolute Gasteiger partial charge is 0.310 e. The maximum absolute atomic E-state index is 10.7. The van der Waals surface area contributed by atoms with Crippen LogP contribution in [0.25, 0.3) is 0 Å². The van der Waals surface area contributed by atoms with Crippen LogP contribution in [-0.2, 0) is 14.3 Å². The van der Waals surface area contributed by atoms with Gasteiger partial charge in [-0.05, 0) is 12.3 Å². The first-order valence-electron chi connectivity index (χ1n) is 4.90. The Balaban J connectivity index is 0. The zero-order chi connectivity index (χ0) is 12.3. The van der Waals surface area contributed by atoms with Crippen LogP contribution >= 0.6 is 0 Å². The highest BCUT2D eigenvalue weighted by molar-refractivity contribution is 5.69. The van der Waals surface area contributed by atoms with E-state index in [1.807, 2.05) is 0 Å². The lowest BCUT2D eigenvalue weighted by atomic mass is 10.1. The van der Waals surface area contributed by atoms with Gasteiger partial charge in [0.15, 0.2) is 0 Å².